The number of benzene rings is 1. The molecule has 5 heteroatoms. The second-order valence-electron chi connectivity index (χ2n) is 10.4. The Labute approximate surface area is 160 Å². The SMILES string of the molecule is Cc1cn([Si](C)(C)C(C)(C)C)c2ccc(B3OC(C)(C)C(C)(C)O3)cc12. The van der Waals surface area contributed by atoms with Crippen LogP contribution in [0.1, 0.15) is 54.0 Å². The second kappa shape index (κ2) is 5.73. The van der Waals surface area contributed by atoms with Crippen molar-refractivity contribution in [3.05, 3.63) is 30.0 Å². The van der Waals surface area contributed by atoms with Crippen LogP contribution in [-0.2, 0) is 9.31 Å². The zero-order valence-corrected chi connectivity index (χ0v) is 19.2. The molecule has 1 fully saturated rings. The van der Waals surface area contributed by atoms with E-state index in [2.05, 4.69) is 97.1 Å². The molecule has 0 saturated carbocycles. The average Bonchev–Trinajstić information content (AvgIpc) is 2.92. The van der Waals surface area contributed by atoms with Gasteiger partial charge in [-0.3, -0.25) is 0 Å². The van der Waals surface area contributed by atoms with Crippen molar-refractivity contribution in [2.75, 3.05) is 0 Å². The van der Waals surface area contributed by atoms with Crippen molar-refractivity contribution in [3.63, 3.8) is 0 Å². The van der Waals surface area contributed by atoms with Gasteiger partial charge in [-0.2, -0.15) is 0 Å². The first kappa shape index (κ1) is 19.7. The average molecular weight is 371 g/mol. The summed E-state index contributed by atoms with van der Waals surface area (Å²) in [6, 6.07) is 6.69. The van der Waals surface area contributed by atoms with E-state index in [9.17, 15) is 0 Å². The van der Waals surface area contributed by atoms with Gasteiger partial charge in [-0.05, 0) is 62.9 Å². The molecule has 0 bridgehead atoms. The molecule has 0 unspecified atom stereocenters. The quantitative estimate of drug-likeness (QED) is 0.686. The Hall–Kier alpha value is -1.04. The number of hydrogen-bond donors (Lipinski definition) is 0. The lowest BCUT2D eigenvalue weighted by Gasteiger charge is -2.38. The normalized spacial score (nSPS) is 20.2. The van der Waals surface area contributed by atoms with Crippen molar-refractivity contribution in [3.8, 4) is 0 Å². The van der Waals surface area contributed by atoms with E-state index in [4.69, 9.17) is 9.31 Å². The first-order chi connectivity index (χ1) is 11.7. The van der Waals surface area contributed by atoms with Gasteiger partial charge < -0.3 is 13.5 Å². The summed E-state index contributed by atoms with van der Waals surface area (Å²) in [5, 5.41) is 1.59. The minimum absolute atomic E-state index is 0.287. The van der Waals surface area contributed by atoms with E-state index in [0.717, 1.165) is 5.46 Å². The third-order valence-corrected chi connectivity index (χ3v) is 12.2. The molecular weight excluding hydrogens is 337 g/mol. The first-order valence-electron chi connectivity index (χ1n) is 9.65. The molecule has 1 aliphatic heterocycles. The maximum atomic E-state index is 6.25. The molecule has 0 spiro atoms. The second-order valence-corrected chi connectivity index (χ2v) is 15.5. The van der Waals surface area contributed by atoms with Crippen LogP contribution >= 0.6 is 0 Å². The lowest BCUT2D eigenvalue weighted by atomic mass is 9.78. The van der Waals surface area contributed by atoms with E-state index < -0.39 is 8.24 Å². The molecule has 0 amide bonds. The van der Waals surface area contributed by atoms with Crippen LogP contribution in [0.2, 0.25) is 18.1 Å². The third-order valence-electron chi connectivity index (χ3n) is 6.99. The molecule has 2 aromatic rings. The fraction of sp³-hybridized carbons (Fsp3) is 0.619. The van der Waals surface area contributed by atoms with Crippen LogP contribution < -0.4 is 5.46 Å². The zero-order valence-electron chi connectivity index (χ0n) is 18.2. The molecule has 0 atom stereocenters. The Morgan fingerprint density at radius 3 is 2.04 bits per heavy atom. The van der Waals surface area contributed by atoms with E-state index in [1.807, 2.05) is 0 Å². The number of rotatable bonds is 2. The van der Waals surface area contributed by atoms with E-state index >= 15 is 0 Å². The largest absolute Gasteiger partial charge is 0.494 e. The summed E-state index contributed by atoms with van der Waals surface area (Å²) in [5.41, 5.74) is 3.13. The van der Waals surface area contributed by atoms with Gasteiger partial charge in [-0.1, -0.05) is 46.0 Å². The third kappa shape index (κ3) is 2.88. The molecule has 26 heavy (non-hydrogen) atoms. The number of hydrogen-bond acceptors (Lipinski definition) is 2. The highest BCUT2D eigenvalue weighted by molar-refractivity contribution is 6.79. The fourth-order valence-electron chi connectivity index (χ4n) is 3.36. The van der Waals surface area contributed by atoms with Crippen LogP contribution in [0.15, 0.2) is 24.4 Å². The number of nitrogens with zero attached hydrogens (tertiary/aromatic N) is 1. The van der Waals surface area contributed by atoms with Gasteiger partial charge in [-0.25, -0.2) is 0 Å². The van der Waals surface area contributed by atoms with Crippen molar-refractivity contribution in [2.45, 2.75) is 84.7 Å². The molecule has 0 aliphatic carbocycles. The maximum Gasteiger partial charge on any atom is 0.494 e. The Morgan fingerprint density at radius 2 is 1.54 bits per heavy atom. The van der Waals surface area contributed by atoms with Gasteiger partial charge in [0.05, 0.1) is 11.2 Å². The monoisotopic (exact) mass is 371 g/mol. The molecule has 3 nitrogen and oxygen atoms in total. The maximum absolute atomic E-state index is 6.25. The number of fused-ring (bicyclic) bond motifs is 1. The zero-order chi connectivity index (χ0) is 19.7. The molecule has 0 N–H and O–H groups in total. The topological polar surface area (TPSA) is 23.4 Å². The molecule has 2 heterocycles. The Kier molecular flexibility index (Phi) is 4.34. The smallest absolute Gasteiger partial charge is 0.399 e. The predicted molar refractivity (Wildman–Crippen MR) is 115 cm³/mol. The molecule has 142 valence electrons. The number of aryl methyl sites for hydroxylation is 1. The Balaban J connectivity index is 2.06. The van der Waals surface area contributed by atoms with Crippen molar-refractivity contribution < 1.29 is 9.31 Å². The van der Waals surface area contributed by atoms with Gasteiger partial charge in [0.25, 0.3) is 0 Å². The summed E-state index contributed by atoms with van der Waals surface area (Å²) < 4.78 is 15.1. The fourth-order valence-corrected chi connectivity index (χ4v) is 5.40. The summed E-state index contributed by atoms with van der Waals surface area (Å²) in [5.74, 6) is 0. The highest BCUT2D eigenvalue weighted by Gasteiger charge is 2.51. The Morgan fingerprint density at radius 1 is 1.00 bits per heavy atom. The summed E-state index contributed by atoms with van der Waals surface area (Å²) in [7, 11) is -1.97. The standard InChI is InChI=1S/C21H34BNO2Si/c1-15-14-23(26(9,10)19(2,3)4)18-12-11-16(13-17(15)18)22-24-20(5,6)21(7,8)25-22/h11-14H,1-10H3. The molecule has 1 aliphatic rings. The van der Waals surface area contributed by atoms with E-state index in [1.54, 1.807) is 0 Å². The van der Waals surface area contributed by atoms with Gasteiger partial charge in [0.1, 0.15) is 0 Å². The molecule has 1 aromatic heterocycles. The van der Waals surface area contributed by atoms with Crippen LogP contribution in [0.4, 0.5) is 0 Å². The van der Waals surface area contributed by atoms with Gasteiger partial charge >= 0.3 is 7.12 Å². The molecule has 3 rings (SSSR count). The van der Waals surface area contributed by atoms with Crippen molar-refractivity contribution in [1.29, 1.82) is 0 Å². The van der Waals surface area contributed by atoms with Gasteiger partial charge in [-0.15, -0.1) is 0 Å². The minimum Gasteiger partial charge on any atom is -0.399 e. The molecule has 0 radical (unpaired) electrons. The highest BCUT2D eigenvalue weighted by atomic mass is 28.3. The summed E-state index contributed by atoms with van der Waals surface area (Å²) in [6.45, 7) is 22.6. The summed E-state index contributed by atoms with van der Waals surface area (Å²) in [6.07, 6.45) is 2.34. The van der Waals surface area contributed by atoms with Crippen LogP contribution in [0.25, 0.3) is 10.9 Å². The van der Waals surface area contributed by atoms with E-state index in [1.165, 1.54) is 16.5 Å². The summed E-state index contributed by atoms with van der Waals surface area (Å²) in [4.78, 5) is 0. The van der Waals surface area contributed by atoms with E-state index in [-0.39, 0.29) is 23.4 Å². The highest BCUT2D eigenvalue weighted by Crippen LogP contribution is 2.40. The van der Waals surface area contributed by atoms with Crippen LogP contribution in [-0.4, -0.2) is 30.8 Å². The number of aromatic nitrogens is 1. The first-order valence-corrected chi connectivity index (χ1v) is 12.6. The van der Waals surface area contributed by atoms with Gasteiger partial charge in [0.2, 0.25) is 0 Å². The van der Waals surface area contributed by atoms with Crippen LogP contribution in [0.3, 0.4) is 0 Å². The Bertz CT molecular complexity index is 830. The molecular formula is C21H34BNO2Si. The van der Waals surface area contributed by atoms with Crippen LogP contribution in [0.5, 0.6) is 0 Å². The van der Waals surface area contributed by atoms with Crippen molar-refractivity contribution >= 4 is 31.7 Å². The summed E-state index contributed by atoms with van der Waals surface area (Å²) >= 11 is 0. The van der Waals surface area contributed by atoms with Gasteiger partial charge in [0, 0.05) is 10.9 Å². The lowest BCUT2D eigenvalue weighted by Crippen LogP contribution is -2.45. The molecule has 1 aromatic carbocycles. The minimum atomic E-state index is -1.67. The van der Waals surface area contributed by atoms with Crippen LogP contribution in [0, 0.1) is 6.92 Å². The van der Waals surface area contributed by atoms with Gasteiger partial charge in [0.15, 0.2) is 8.24 Å². The molecule has 1 saturated heterocycles. The predicted octanol–water partition coefficient (Wildman–Crippen LogP) is 5.10. The van der Waals surface area contributed by atoms with E-state index in [0.29, 0.717) is 0 Å². The van der Waals surface area contributed by atoms with Crippen molar-refractivity contribution in [2.24, 2.45) is 0 Å². The van der Waals surface area contributed by atoms with Crippen molar-refractivity contribution in [1.82, 2.24) is 4.23 Å². The lowest BCUT2D eigenvalue weighted by molar-refractivity contribution is 0.00578.